The van der Waals surface area contributed by atoms with Gasteiger partial charge in [-0.2, -0.15) is 0 Å². The summed E-state index contributed by atoms with van der Waals surface area (Å²) in [4.78, 5) is 0. The van der Waals surface area contributed by atoms with Crippen molar-refractivity contribution in [2.45, 2.75) is 46.6 Å². The highest BCUT2D eigenvalue weighted by atomic mass is 32.1. The molecule has 1 aliphatic rings. The van der Waals surface area contributed by atoms with Gasteiger partial charge in [0.1, 0.15) is 6.10 Å². The van der Waals surface area contributed by atoms with Gasteiger partial charge in [0, 0.05) is 6.42 Å². The zero-order valence-electron chi connectivity index (χ0n) is 8.39. The average Bonchev–Trinajstić information content (AvgIpc) is 2.32. The van der Waals surface area contributed by atoms with E-state index in [1.807, 2.05) is 0 Å². The molecule has 1 fully saturated rings. The van der Waals surface area contributed by atoms with E-state index in [0.29, 0.717) is 17.4 Å². The standard InChI is InChI=1S/C10H18OS/c1-7(10(2,3)4)8-5-6-9(12)11-8/h7-8H,5-6H2,1-4H3. The molecule has 0 aliphatic carbocycles. The normalized spacial score (nSPS) is 27.0. The van der Waals surface area contributed by atoms with Crippen LogP contribution in [-0.4, -0.2) is 11.2 Å². The first-order valence-electron chi connectivity index (χ1n) is 4.61. The zero-order chi connectivity index (χ0) is 9.35. The monoisotopic (exact) mass is 186 g/mol. The predicted molar refractivity (Wildman–Crippen MR) is 55.3 cm³/mol. The van der Waals surface area contributed by atoms with Crippen LogP contribution in [0, 0.1) is 11.3 Å². The smallest absolute Gasteiger partial charge is 0.160 e. The SMILES string of the molecule is CC(C1CCC(=S)O1)C(C)(C)C. The maximum absolute atomic E-state index is 5.58. The quantitative estimate of drug-likeness (QED) is 0.582. The largest absolute Gasteiger partial charge is 0.484 e. The second-order valence-corrected chi connectivity index (χ2v) is 5.18. The van der Waals surface area contributed by atoms with E-state index in [0.717, 1.165) is 17.9 Å². The summed E-state index contributed by atoms with van der Waals surface area (Å²) >= 11 is 5.02. The lowest BCUT2D eigenvalue weighted by Gasteiger charge is -2.31. The van der Waals surface area contributed by atoms with Crippen LogP contribution in [0.25, 0.3) is 0 Å². The first-order chi connectivity index (χ1) is 5.41. The van der Waals surface area contributed by atoms with E-state index in [-0.39, 0.29) is 0 Å². The third-order valence-corrected chi connectivity index (χ3v) is 3.14. The lowest BCUT2D eigenvalue weighted by Crippen LogP contribution is -2.29. The highest BCUT2D eigenvalue weighted by Crippen LogP contribution is 2.34. The molecular weight excluding hydrogens is 168 g/mol. The summed E-state index contributed by atoms with van der Waals surface area (Å²) in [6.45, 7) is 9.01. The van der Waals surface area contributed by atoms with E-state index < -0.39 is 0 Å². The summed E-state index contributed by atoms with van der Waals surface area (Å²) in [5.74, 6) is 0.581. The van der Waals surface area contributed by atoms with Gasteiger partial charge in [-0.1, -0.05) is 27.7 Å². The van der Waals surface area contributed by atoms with Crippen LogP contribution in [0.2, 0.25) is 0 Å². The number of hydrogen-bond acceptors (Lipinski definition) is 2. The minimum Gasteiger partial charge on any atom is -0.484 e. The number of ether oxygens (including phenoxy) is 1. The van der Waals surface area contributed by atoms with E-state index in [2.05, 4.69) is 27.7 Å². The Balaban J connectivity index is 2.54. The van der Waals surface area contributed by atoms with Gasteiger partial charge in [0.2, 0.25) is 0 Å². The molecule has 0 N–H and O–H groups in total. The topological polar surface area (TPSA) is 9.23 Å². The second kappa shape index (κ2) is 3.33. The molecule has 12 heavy (non-hydrogen) atoms. The molecule has 0 bridgehead atoms. The van der Waals surface area contributed by atoms with Gasteiger partial charge in [-0.25, -0.2) is 0 Å². The summed E-state index contributed by atoms with van der Waals surface area (Å²) < 4.78 is 5.58. The minimum atomic E-state index is 0.324. The molecule has 1 aliphatic heterocycles. The maximum atomic E-state index is 5.58. The van der Waals surface area contributed by atoms with Crippen LogP contribution in [-0.2, 0) is 4.74 Å². The van der Waals surface area contributed by atoms with Gasteiger partial charge in [0.15, 0.2) is 5.05 Å². The van der Waals surface area contributed by atoms with Crippen molar-refractivity contribution in [3.63, 3.8) is 0 Å². The Labute approximate surface area is 80.5 Å². The van der Waals surface area contributed by atoms with Crippen LogP contribution in [0.3, 0.4) is 0 Å². The van der Waals surface area contributed by atoms with Crippen LogP contribution in [0.1, 0.15) is 40.5 Å². The molecule has 1 heterocycles. The lowest BCUT2D eigenvalue weighted by molar-refractivity contribution is 0.0843. The fourth-order valence-corrected chi connectivity index (χ4v) is 1.70. The van der Waals surface area contributed by atoms with Crippen molar-refractivity contribution in [2.24, 2.45) is 11.3 Å². The van der Waals surface area contributed by atoms with Crippen LogP contribution in [0.5, 0.6) is 0 Å². The van der Waals surface area contributed by atoms with E-state index in [1.165, 1.54) is 0 Å². The van der Waals surface area contributed by atoms with Crippen LogP contribution in [0.15, 0.2) is 0 Å². The molecule has 0 radical (unpaired) electrons. The molecule has 0 aromatic rings. The summed E-state index contributed by atoms with van der Waals surface area (Å²) in [6.07, 6.45) is 2.44. The van der Waals surface area contributed by atoms with Crippen LogP contribution < -0.4 is 0 Å². The Morgan fingerprint density at radius 3 is 2.42 bits per heavy atom. The molecule has 0 amide bonds. The zero-order valence-corrected chi connectivity index (χ0v) is 9.20. The van der Waals surface area contributed by atoms with E-state index in [4.69, 9.17) is 17.0 Å². The highest BCUT2D eigenvalue weighted by molar-refractivity contribution is 7.80. The number of hydrogen-bond donors (Lipinski definition) is 0. The van der Waals surface area contributed by atoms with Gasteiger partial charge in [0.05, 0.1) is 0 Å². The molecule has 0 aromatic heterocycles. The third kappa shape index (κ3) is 2.19. The lowest BCUT2D eigenvalue weighted by atomic mass is 9.78. The first kappa shape index (κ1) is 9.97. The van der Waals surface area contributed by atoms with Crippen molar-refractivity contribution in [2.75, 3.05) is 0 Å². The van der Waals surface area contributed by atoms with E-state index in [9.17, 15) is 0 Å². The molecule has 0 spiro atoms. The Bertz CT molecular complexity index is 181. The van der Waals surface area contributed by atoms with Gasteiger partial charge < -0.3 is 4.74 Å². The van der Waals surface area contributed by atoms with E-state index >= 15 is 0 Å². The molecule has 2 unspecified atom stereocenters. The van der Waals surface area contributed by atoms with Gasteiger partial charge in [-0.15, -0.1) is 0 Å². The summed E-state index contributed by atoms with van der Waals surface area (Å²) in [6, 6.07) is 0. The Hall–Kier alpha value is -0.110. The summed E-state index contributed by atoms with van der Waals surface area (Å²) in [7, 11) is 0. The molecule has 1 nitrogen and oxygen atoms in total. The number of thiocarbonyl (C=S) groups is 1. The van der Waals surface area contributed by atoms with Gasteiger partial charge >= 0.3 is 0 Å². The highest BCUT2D eigenvalue weighted by Gasteiger charge is 2.33. The molecule has 1 saturated heterocycles. The summed E-state index contributed by atoms with van der Waals surface area (Å²) in [5, 5.41) is 0.802. The van der Waals surface area contributed by atoms with Crippen molar-refractivity contribution in [1.82, 2.24) is 0 Å². The Morgan fingerprint density at radius 1 is 1.50 bits per heavy atom. The van der Waals surface area contributed by atoms with Crippen molar-refractivity contribution in [3.05, 3.63) is 0 Å². The van der Waals surface area contributed by atoms with Crippen LogP contribution >= 0.6 is 12.2 Å². The molecular formula is C10H18OS. The Morgan fingerprint density at radius 2 is 2.08 bits per heavy atom. The number of rotatable bonds is 1. The molecule has 0 saturated carbocycles. The van der Waals surface area contributed by atoms with Crippen molar-refractivity contribution in [1.29, 1.82) is 0 Å². The fraction of sp³-hybridized carbons (Fsp3) is 0.900. The van der Waals surface area contributed by atoms with E-state index in [1.54, 1.807) is 0 Å². The van der Waals surface area contributed by atoms with Crippen molar-refractivity contribution >= 4 is 17.3 Å². The van der Waals surface area contributed by atoms with Crippen molar-refractivity contribution < 1.29 is 4.74 Å². The summed E-state index contributed by atoms with van der Waals surface area (Å²) in [5.41, 5.74) is 0.324. The Kier molecular flexibility index (Phi) is 2.77. The minimum absolute atomic E-state index is 0.324. The second-order valence-electron chi connectivity index (χ2n) is 4.72. The van der Waals surface area contributed by atoms with Gasteiger partial charge in [-0.3, -0.25) is 0 Å². The van der Waals surface area contributed by atoms with Crippen molar-refractivity contribution in [3.8, 4) is 0 Å². The fourth-order valence-electron chi connectivity index (χ4n) is 1.46. The molecule has 2 atom stereocenters. The molecule has 0 aromatic carbocycles. The first-order valence-corrected chi connectivity index (χ1v) is 5.01. The predicted octanol–water partition coefficient (Wildman–Crippen LogP) is 3.18. The molecule has 2 heteroatoms. The molecule has 1 rings (SSSR count). The maximum Gasteiger partial charge on any atom is 0.160 e. The third-order valence-electron chi connectivity index (χ3n) is 2.84. The van der Waals surface area contributed by atoms with Gasteiger partial charge in [0.25, 0.3) is 0 Å². The van der Waals surface area contributed by atoms with Gasteiger partial charge in [-0.05, 0) is 30.0 Å². The van der Waals surface area contributed by atoms with Crippen LogP contribution in [0.4, 0.5) is 0 Å². The average molecular weight is 186 g/mol. The molecule has 70 valence electrons.